The van der Waals surface area contributed by atoms with Crippen molar-refractivity contribution in [2.75, 3.05) is 25.1 Å². The Kier molecular flexibility index (Phi) is 3.60. The van der Waals surface area contributed by atoms with Gasteiger partial charge < -0.3 is 15.0 Å². The van der Waals surface area contributed by atoms with Crippen LogP contribution in [-0.4, -0.2) is 37.3 Å². The van der Waals surface area contributed by atoms with Crippen LogP contribution in [0.25, 0.3) is 0 Å². The molecule has 3 rings (SSSR count). The van der Waals surface area contributed by atoms with Crippen molar-refractivity contribution in [2.45, 2.75) is 44.7 Å². The summed E-state index contributed by atoms with van der Waals surface area (Å²) < 4.78 is 5.50. The summed E-state index contributed by atoms with van der Waals surface area (Å²) in [6, 6.07) is 3.41. The molecular formula is C15H23N3O. The van der Waals surface area contributed by atoms with Crippen molar-refractivity contribution in [3.63, 3.8) is 0 Å². The summed E-state index contributed by atoms with van der Waals surface area (Å²) >= 11 is 0. The number of nitrogens with one attached hydrogen (secondary N) is 1. The topological polar surface area (TPSA) is 37.4 Å². The minimum absolute atomic E-state index is 0.609. The number of nitrogens with zero attached hydrogens (tertiary/aromatic N) is 2. The highest BCUT2D eigenvalue weighted by Crippen LogP contribution is 2.35. The minimum atomic E-state index is 0.609. The van der Waals surface area contributed by atoms with E-state index in [1.807, 2.05) is 13.1 Å². The predicted molar refractivity (Wildman–Crippen MR) is 76.9 cm³/mol. The van der Waals surface area contributed by atoms with Crippen LogP contribution in [0.4, 0.5) is 5.69 Å². The number of ether oxygens (including phenoxy) is 1. The standard InChI is InChI=1S/C15H23N3O/c1-11-9-14(15(19-2)10-17-11)18-8-4-6-13(18)12-5-3-7-16-12/h9-10,12-13,16H,3-8H2,1-2H3. The third kappa shape index (κ3) is 2.41. The molecule has 1 aromatic rings. The average Bonchev–Trinajstić information content (AvgIpc) is 3.09. The van der Waals surface area contributed by atoms with E-state index in [4.69, 9.17) is 4.74 Å². The largest absolute Gasteiger partial charge is 0.493 e. The van der Waals surface area contributed by atoms with Gasteiger partial charge in [0.15, 0.2) is 5.75 Å². The lowest BCUT2D eigenvalue weighted by Crippen LogP contribution is -2.44. The second kappa shape index (κ2) is 5.37. The van der Waals surface area contributed by atoms with E-state index in [2.05, 4.69) is 21.3 Å². The Bertz CT molecular complexity index is 443. The molecule has 3 heterocycles. The number of aromatic nitrogens is 1. The smallest absolute Gasteiger partial charge is 0.160 e. The summed E-state index contributed by atoms with van der Waals surface area (Å²) in [4.78, 5) is 6.86. The quantitative estimate of drug-likeness (QED) is 0.904. The Morgan fingerprint density at radius 2 is 2.26 bits per heavy atom. The number of rotatable bonds is 3. The van der Waals surface area contributed by atoms with E-state index in [1.165, 1.54) is 37.9 Å². The zero-order valence-electron chi connectivity index (χ0n) is 11.9. The number of anilines is 1. The molecule has 2 aliphatic rings. The van der Waals surface area contributed by atoms with E-state index in [0.717, 1.165) is 18.0 Å². The molecule has 1 aromatic heterocycles. The van der Waals surface area contributed by atoms with E-state index in [1.54, 1.807) is 7.11 Å². The zero-order valence-corrected chi connectivity index (χ0v) is 11.9. The second-order valence-corrected chi connectivity index (χ2v) is 5.60. The normalized spacial score (nSPS) is 26.9. The van der Waals surface area contributed by atoms with E-state index in [-0.39, 0.29) is 0 Å². The second-order valence-electron chi connectivity index (χ2n) is 5.60. The van der Waals surface area contributed by atoms with E-state index >= 15 is 0 Å². The molecule has 104 valence electrons. The molecule has 0 radical (unpaired) electrons. The van der Waals surface area contributed by atoms with Crippen molar-refractivity contribution in [1.29, 1.82) is 0 Å². The number of hydrogen-bond acceptors (Lipinski definition) is 4. The minimum Gasteiger partial charge on any atom is -0.493 e. The first-order chi connectivity index (χ1) is 9.29. The zero-order chi connectivity index (χ0) is 13.2. The highest BCUT2D eigenvalue weighted by molar-refractivity contribution is 5.59. The van der Waals surface area contributed by atoms with Crippen molar-refractivity contribution in [3.05, 3.63) is 18.0 Å². The molecule has 0 aliphatic carbocycles. The van der Waals surface area contributed by atoms with Crippen LogP contribution in [0, 0.1) is 6.92 Å². The molecule has 4 nitrogen and oxygen atoms in total. The molecule has 2 atom stereocenters. The summed E-state index contributed by atoms with van der Waals surface area (Å²) in [5.74, 6) is 0.899. The number of pyridine rings is 1. The molecule has 0 saturated carbocycles. The first-order valence-electron chi connectivity index (χ1n) is 7.30. The summed E-state index contributed by atoms with van der Waals surface area (Å²) in [6.45, 7) is 4.34. The summed E-state index contributed by atoms with van der Waals surface area (Å²) in [7, 11) is 1.73. The van der Waals surface area contributed by atoms with Gasteiger partial charge in [0.1, 0.15) is 0 Å². The highest BCUT2D eigenvalue weighted by Gasteiger charge is 2.34. The molecule has 0 spiro atoms. The van der Waals surface area contributed by atoms with Crippen LogP contribution in [0.3, 0.4) is 0 Å². The number of aryl methyl sites for hydroxylation is 1. The van der Waals surface area contributed by atoms with Crippen molar-refractivity contribution in [3.8, 4) is 5.75 Å². The van der Waals surface area contributed by atoms with E-state index in [0.29, 0.717) is 12.1 Å². The number of methoxy groups -OCH3 is 1. The maximum absolute atomic E-state index is 5.50. The third-order valence-corrected chi connectivity index (χ3v) is 4.37. The van der Waals surface area contributed by atoms with Crippen molar-refractivity contribution in [1.82, 2.24) is 10.3 Å². The fraction of sp³-hybridized carbons (Fsp3) is 0.667. The Labute approximate surface area is 115 Å². The van der Waals surface area contributed by atoms with Gasteiger partial charge in [-0.05, 0) is 45.2 Å². The first kappa shape index (κ1) is 12.7. The van der Waals surface area contributed by atoms with E-state index < -0.39 is 0 Å². The highest BCUT2D eigenvalue weighted by atomic mass is 16.5. The van der Waals surface area contributed by atoms with Crippen LogP contribution in [-0.2, 0) is 0 Å². The van der Waals surface area contributed by atoms with Crippen LogP contribution in [0.5, 0.6) is 5.75 Å². The Morgan fingerprint density at radius 1 is 1.37 bits per heavy atom. The molecule has 2 fully saturated rings. The Morgan fingerprint density at radius 3 is 3.00 bits per heavy atom. The van der Waals surface area contributed by atoms with Crippen LogP contribution in [0.15, 0.2) is 12.3 Å². The molecule has 19 heavy (non-hydrogen) atoms. The lowest BCUT2D eigenvalue weighted by atomic mass is 10.0. The van der Waals surface area contributed by atoms with Crippen molar-refractivity contribution >= 4 is 5.69 Å². The third-order valence-electron chi connectivity index (χ3n) is 4.37. The van der Waals surface area contributed by atoms with Crippen LogP contribution in [0.1, 0.15) is 31.4 Å². The molecule has 0 amide bonds. The van der Waals surface area contributed by atoms with Gasteiger partial charge in [0.25, 0.3) is 0 Å². The van der Waals surface area contributed by atoms with Crippen LogP contribution < -0.4 is 15.0 Å². The average molecular weight is 261 g/mol. The van der Waals surface area contributed by atoms with Gasteiger partial charge in [-0.2, -0.15) is 0 Å². The molecule has 2 aliphatic heterocycles. The van der Waals surface area contributed by atoms with Gasteiger partial charge in [0.2, 0.25) is 0 Å². The summed E-state index contributed by atoms with van der Waals surface area (Å²) in [6.07, 6.45) is 7.01. The molecule has 0 aromatic carbocycles. The predicted octanol–water partition coefficient (Wildman–Crippen LogP) is 2.12. The van der Waals surface area contributed by atoms with Gasteiger partial charge in [0, 0.05) is 24.3 Å². The molecule has 2 unspecified atom stereocenters. The fourth-order valence-corrected chi connectivity index (χ4v) is 3.46. The summed E-state index contributed by atoms with van der Waals surface area (Å²) in [5.41, 5.74) is 2.27. The Hall–Kier alpha value is -1.29. The van der Waals surface area contributed by atoms with Crippen LogP contribution in [0.2, 0.25) is 0 Å². The first-order valence-corrected chi connectivity index (χ1v) is 7.30. The van der Waals surface area contributed by atoms with Crippen molar-refractivity contribution < 1.29 is 4.74 Å². The van der Waals surface area contributed by atoms with Gasteiger partial charge in [-0.1, -0.05) is 0 Å². The molecule has 2 saturated heterocycles. The SMILES string of the molecule is COc1cnc(C)cc1N1CCCC1C1CCCN1. The lowest BCUT2D eigenvalue weighted by molar-refractivity contribution is 0.408. The summed E-state index contributed by atoms with van der Waals surface area (Å²) in [5, 5.41) is 3.65. The number of hydrogen-bond donors (Lipinski definition) is 1. The van der Waals surface area contributed by atoms with Gasteiger partial charge >= 0.3 is 0 Å². The van der Waals surface area contributed by atoms with Gasteiger partial charge in [-0.25, -0.2) is 0 Å². The fourth-order valence-electron chi connectivity index (χ4n) is 3.46. The van der Waals surface area contributed by atoms with Gasteiger partial charge in [-0.3, -0.25) is 4.98 Å². The Balaban J connectivity index is 1.89. The molecule has 4 heteroatoms. The van der Waals surface area contributed by atoms with E-state index in [9.17, 15) is 0 Å². The maximum Gasteiger partial charge on any atom is 0.160 e. The van der Waals surface area contributed by atoms with Crippen LogP contribution >= 0.6 is 0 Å². The maximum atomic E-state index is 5.50. The molecule has 1 N–H and O–H groups in total. The van der Waals surface area contributed by atoms with Crippen molar-refractivity contribution in [2.24, 2.45) is 0 Å². The molecule has 0 bridgehead atoms. The molecular weight excluding hydrogens is 238 g/mol. The lowest BCUT2D eigenvalue weighted by Gasteiger charge is -2.32. The van der Waals surface area contributed by atoms with Gasteiger partial charge in [-0.15, -0.1) is 0 Å². The monoisotopic (exact) mass is 261 g/mol. The van der Waals surface area contributed by atoms with Gasteiger partial charge in [0.05, 0.1) is 19.0 Å².